The van der Waals surface area contributed by atoms with Crippen LogP contribution in [0.4, 0.5) is 5.69 Å². The second-order valence-corrected chi connectivity index (χ2v) is 3.27. The van der Waals surface area contributed by atoms with Crippen LogP contribution in [0.3, 0.4) is 0 Å². The molecule has 0 heterocycles. The minimum Gasteiger partial charge on any atom is -0.466 e. The summed E-state index contributed by atoms with van der Waals surface area (Å²) < 4.78 is 4.50. The summed E-state index contributed by atoms with van der Waals surface area (Å²) in [4.78, 5) is 10.9. The molecule has 0 fully saturated rings. The average molecular weight is 226 g/mol. The first-order chi connectivity index (χ1) is 7.17. The van der Waals surface area contributed by atoms with Crippen LogP contribution in [0.5, 0.6) is 0 Å². The zero-order valence-corrected chi connectivity index (χ0v) is 9.34. The number of ether oxygens (including phenoxy) is 1. The van der Waals surface area contributed by atoms with Crippen molar-refractivity contribution in [3.05, 3.63) is 34.9 Å². The summed E-state index contributed by atoms with van der Waals surface area (Å²) in [6.07, 6.45) is 3.04. The first-order valence-electron chi connectivity index (χ1n) is 4.40. The molecule has 0 atom stereocenters. The third kappa shape index (κ3) is 3.29. The molecule has 0 unspecified atom stereocenters. The fourth-order valence-corrected chi connectivity index (χ4v) is 1.29. The zero-order chi connectivity index (χ0) is 11.3. The van der Waals surface area contributed by atoms with Gasteiger partial charge in [0.2, 0.25) is 0 Å². The maximum Gasteiger partial charge on any atom is 0.330 e. The summed E-state index contributed by atoms with van der Waals surface area (Å²) in [7, 11) is 3.13. The monoisotopic (exact) mass is 225 g/mol. The molecule has 15 heavy (non-hydrogen) atoms. The van der Waals surface area contributed by atoms with E-state index in [1.54, 1.807) is 25.3 Å². The highest BCUT2D eigenvalue weighted by Crippen LogP contribution is 2.21. The van der Waals surface area contributed by atoms with E-state index >= 15 is 0 Å². The number of halogens is 1. The van der Waals surface area contributed by atoms with Crippen LogP contribution in [-0.2, 0) is 9.53 Å². The summed E-state index contributed by atoms with van der Waals surface area (Å²) >= 11 is 5.83. The first kappa shape index (κ1) is 11.6. The van der Waals surface area contributed by atoms with Gasteiger partial charge in [-0.15, -0.1) is 0 Å². The van der Waals surface area contributed by atoms with E-state index in [2.05, 4.69) is 10.1 Å². The highest BCUT2D eigenvalue weighted by atomic mass is 35.5. The molecular formula is C11H12ClNO2. The summed E-state index contributed by atoms with van der Waals surface area (Å²) in [5, 5.41) is 3.64. The van der Waals surface area contributed by atoms with Gasteiger partial charge in [0.15, 0.2) is 0 Å². The van der Waals surface area contributed by atoms with Gasteiger partial charge in [-0.25, -0.2) is 4.79 Å². The minimum atomic E-state index is -0.382. The maximum atomic E-state index is 10.9. The molecule has 1 N–H and O–H groups in total. The predicted molar refractivity (Wildman–Crippen MR) is 62.0 cm³/mol. The van der Waals surface area contributed by atoms with E-state index in [1.807, 2.05) is 6.07 Å². The van der Waals surface area contributed by atoms with E-state index in [4.69, 9.17) is 11.6 Å². The minimum absolute atomic E-state index is 0.382. The Morgan fingerprint density at radius 2 is 2.27 bits per heavy atom. The van der Waals surface area contributed by atoms with Crippen LogP contribution in [-0.4, -0.2) is 20.1 Å². The molecule has 1 rings (SSSR count). The summed E-state index contributed by atoms with van der Waals surface area (Å²) in [6, 6.07) is 5.38. The molecule has 3 nitrogen and oxygen atoms in total. The highest BCUT2D eigenvalue weighted by molar-refractivity contribution is 6.30. The number of carbonyl (C=O) groups is 1. The Bertz CT molecular complexity index is 388. The van der Waals surface area contributed by atoms with Crippen molar-refractivity contribution in [2.45, 2.75) is 0 Å². The Labute approximate surface area is 93.7 Å². The molecule has 0 aliphatic rings. The fraction of sp³-hybridized carbons (Fsp3) is 0.182. The highest BCUT2D eigenvalue weighted by Gasteiger charge is 1.99. The molecule has 0 amide bonds. The van der Waals surface area contributed by atoms with Crippen molar-refractivity contribution in [2.75, 3.05) is 19.5 Å². The van der Waals surface area contributed by atoms with Gasteiger partial charge >= 0.3 is 5.97 Å². The van der Waals surface area contributed by atoms with E-state index in [0.717, 1.165) is 11.3 Å². The van der Waals surface area contributed by atoms with Crippen molar-refractivity contribution < 1.29 is 9.53 Å². The van der Waals surface area contributed by atoms with Crippen LogP contribution < -0.4 is 5.32 Å². The van der Waals surface area contributed by atoms with Gasteiger partial charge < -0.3 is 10.1 Å². The van der Waals surface area contributed by atoms with E-state index < -0.39 is 0 Å². The maximum absolute atomic E-state index is 10.9. The van der Waals surface area contributed by atoms with Gasteiger partial charge in [-0.2, -0.15) is 0 Å². The molecule has 0 spiro atoms. The molecule has 0 aromatic heterocycles. The molecule has 0 aliphatic carbocycles. The lowest BCUT2D eigenvalue weighted by atomic mass is 10.1. The van der Waals surface area contributed by atoms with Crippen molar-refractivity contribution >= 4 is 29.3 Å². The molecule has 0 saturated heterocycles. The number of anilines is 1. The molecule has 0 bridgehead atoms. The van der Waals surface area contributed by atoms with Gasteiger partial charge in [-0.05, 0) is 23.8 Å². The third-order valence-electron chi connectivity index (χ3n) is 1.88. The lowest BCUT2D eigenvalue weighted by molar-refractivity contribution is -0.134. The number of nitrogens with one attached hydrogen (secondary N) is 1. The van der Waals surface area contributed by atoms with E-state index in [1.165, 1.54) is 13.2 Å². The molecule has 0 saturated carbocycles. The van der Waals surface area contributed by atoms with Gasteiger partial charge in [0.05, 0.1) is 7.11 Å². The molecular weight excluding hydrogens is 214 g/mol. The summed E-state index contributed by atoms with van der Waals surface area (Å²) in [5.41, 5.74) is 1.75. The van der Waals surface area contributed by atoms with Gasteiger partial charge in [-0.3, -0.25) is 0 Å². The van der Waals surface area contributed by atoms with E-state index in [0.29, 0.717) is 5.02 Å². The van der Waals surface area contributed by atoms with Crippen LogP contribution in [0.1, 0.15) is 5.56 Å². The second-order valence-electron chi connectivity index (χ2n) is 2.84. The molecule has 1 aromatic rings. The van der Waals surface area contributed by atoms with Crippen LogP contribution in [0.25, 0.3) is 6.08 Å². The van der Waals surface area contributed by atoms with Crippen LogP contribution in [0.15, 0.2) is 24.3 Å². The number of methoxy groups -OCH3 is 1. The summed E-state index contributed by atoms with van der Waals surface area (Å²) in [6.45, 7) is 0. The number of rotatable bonds is 3. The van der Waals surface area contributed by atoms with Crippen molar-refractivity contribution in [1.82, 2.24) is 0 Å². The Morgan fingerprint density at radius 3 is 2.87 bits per heavy atom. The number of benzene rings is 1. The Morgan fingerprint density at radius 1 is 1.53 bits per heavy atom. The smallest absolute Gasteiger partial charge is 0.330 e. The second kappa shape index (κ2) is 5.41. The molecule has 0 aliphatic heterocycles. The quantitative estimate of drug-likeness (QED) is 0.635. The number of hydrogen-bond acceptors (Lipinski definition) is 3. The Balaban J connectivity index is 2.94. The Kier molecular flexibility index (Phi) is 4.18. The number of carbonyl (C=O) groups excluding carboxylic acids is 1. The lowest BCUT2D eigenvalue weighted by Crippen LogP contribution is -1.95. The van der Waals surface area contributed by atoms with Crippen molar-refractivity contribution in [2.24, 2.45) is 0 Å². The lowest BCUT2D eigenvalue weighted by Gasteiger charge is -2.05. The van der Waals surface area contributed by atoms with Crippen molar-refractivity contribution in [3.8, 4) is 0 Å². The zero-order valence-electron chi connectivity index (χ0n) is 8.58. The fourth-order valence-electron chi connectivity index (χ4n) is 1.12. The van der Waals surface area contributed by atoms with Gasteiger partial charge in [0, 0.05) is 23.8 Å². The summed E-state index contributed by atoms with van der Waals surface area (Å²) in [5.74, 6) is -0.382. The largest absolute Gasteiger partial charge is 0.466 e. The van der Waals surface area contributed by atoms with Crippen molar-refractivity contribution in [3.63, 3.8) is 0 Å². The van der Waals surface area contributed by atoms with Gasteiger partial charge in [0.1, 0.15) is 0 Å². The van der Waals surface area contributed by atoms with E-state index in [-0.39, 0.29) is 5.97 Å². The van der Waals surface area contributed by atoms with Crippen LogP contribution in [0.2, 0.25) is 5.02 Å². The number of hydrogen-bond donors (Lipinski definition) is 1. The third-order valence-corrected chi connectivity index (χ3v) is 2.12. The predicted octanol–water partition coefficient (Wildman–Crippen LogP) is 2.57. The Hall–Kier alpha value is -1.48. The normalized spacial score (nSPS) is 10.3. The van der Waals surface area contributed by atoms with Crippen molar-refractivity contribution in [1.29, 1.82) is 0 Å². The topological polar surface area (TPSA) is 38.3 Å². The standard InChI is InChI=1S/C11H12ClNO2/c1-13-10-7-9(12)5-3-8(10)4-6-11(14)15-2/h3-7,13H,1-2H3/b6-4+. The van der Waals surface area contributed by atoms with E-state index in [9.17, 15) is 4.79 Å². The first-order valence-corrected chi connectivity index (χ1v) is 4.78. The SMILES string of the molecule is CNc1cc(Cl)ccc1/C=C/C(=O)OC. The molecule has 0 radical (unpaired) electrons. The van der Waals surface area contributed by atoms with Gasteiger partial charge in [-0.1, -0.05) is 17.7 Å². The number of esters is 1. The average Bonchev–Trinajstić information content (AvgIpc) is 2.26. The van der Waals surface area contributed by atoms with Crippen LogP contribution in [0, 0.1) is 0 Å². The molecule has 4 heteroatoms. The van der Waals surface area contributed by atoms with Gasteiger partial charge in [0.25, 0.3) is 0 Å². The molecule has 80 valence electrons. The molecule has 1 aromatic carbocycles. The van der Waals surface area contributed by atoms with Crippen LogP contribution >= 0.6 is 11.6 Å².